The van der Waals surface area contributed by atoms with E-state index in [1.54, 1.807) is 12.4 Å². The minimum absolute atomic E-state index is 0.263. The van der Waals surface area contributed by atoms with Gasteiger partial charge in [0.25, 0.3) is 0 Å². The number of aliphatic hydroxyl groups excluding tert-OH is 1. The lowest BCUT2D eigenvalue weighted by atomic mass is 10.2. The summed E-state index contributed by atoms with van der Waals surface area (Å²) in [6.45, 7) is 1.58. The van der Waals surface area contributed by atoms with Gasteiger partial charge in [0.05, 0.1) is 23.7 Å². The Hall–Kier alpha value is -1.33. The van der Waals surface area contributed by atoms with Crippen molar-refractivity contribution in [2.24, 2.45) is 0 Å². The molecule has 2 unspecified atom stereocenters. The third-order valence-corrected chi connectivity index (χ3v) is 3.04. The molecule has 0 amide bonds. The first-order valence-electron chi connectivity index (χ1n) is 5.86. The van der Waals surface area contributed by atoms with Gasteiger partial charge < -0.3 is 20.6 Å². The fourth-order valence-corrected chi connectivity index (χ4v) is 2.40. The van der Waals surface area contributed by atoms with Gasteiger partial charge >= 0.3 is 0 Å². The van der Waals surface area contributed by atoms with Crippen molar-refractivity contribution in [1.82, 2.24) is 9.88 Å². The molecule has 5 heteroatoms. The van der Waals surface area contributed by atoms with Crippen LogP contribution >= 0.6 is 0 Å². The van der Waals surface area contributed by atoms with Crippen LogP contribution in [0.2, 0.25) is 0 Å². The molecule has 3 N–H and O–H groups in total. The number of pyridine rings is 1. The lowest BCUT2D eigenvalue weighted by Gasteiger charge is -2.28. The topological polar surface area (TPSA) is 65.6 Å². The van der Waals surface area contributed by atoms with Crippen LogP contribution < -0.4 is 10.6 Å². The molecule has 1 saturated heterocycles. The molecule has 0 saturated carbocycles. The molecule has 2 atom stereocenters. The first kappa shape index (κ1) is 12.1. The van der Waals surface area contributed by atoms with Gasteiger partial charge in [0.15, 0.2) is 0 Å². The van der Waals surface area contributed by atoms with E-state index in [1.807, 2.05) is 20.2 Å². The standard InChI is InChI=1S/C12H20N4O/c1-15(2)7-11-4-12(17)8-16(11)10-3-9(13)5-14-6-10/h3,5-6,11-12,17H,4,7-8,13H2,1-2H3. The number of hydrogen-bond acceptors (Lipinski definition) is 5. The summed E-state index contributed by atoms with van der Waals surface area (Å²) < 4.78 is 0. The number of anilines is 2. The van der Waals surface area contributed by atoms with E-state index in [0.717, 1.165) is 18.7 Å². The zero-order valence-electron chi connectivity index (χ0n) is 10.4. The SMILES string of the molecule is CN(C)CC1CC(O)CN1c1cncc(N)c1. The Balaban J connectivity index is 2.17. The number of likely N-dealkylation sites (N-methyl/N-ethyl adjacent to an activating group) is 1. The van der Waals surface area contributed by atoms with Gasteiger partial charge in [-0.15, -0.1) is 0 Å². The summed E-state index contributed by atoms with van der Waals surface area (Å²) in [7, 11) is 4.08. The summed E-state index contributed by atoms with van der Waals surface area (Å²) in [5.41, 5.74) is 7.40. The molecule has 0 bridgehead atoms. The van der Waals surface area contributed by atoms with Gasteiger partial charge in [-0.1, -0.05) is 0 Å². The summed E-state index contributed by atoms with van der Waals surface area (Å²) in [6, 6.07) is 2.23. The molecule has 1 aromatic rings. The van der Waals surface area contributed by atoms with Crippen molar-refractivity contribution >= 4 is 11.4 Å². The van der Waals surface area contributed by atoms with Crippen LogP contribution in [0.25, 0.3) is 0 Å². The van der Waals surface area contributed by atoms with Crippen LogP contribution in [-0.2, 0) is 0 Å². The molecule has 1 aromatic heterocycles. The second-order valence-corrected chi connectivity index (χ2v) is 4.93. The third-order valence-electron chi connectivity index (χ3n) is 3.04. The molecule has 17 heavy (non-hydrogen) atoms. The Morgan fingerprint density at radius 3 is 2.94 bits per heavy atom. The zero-order chi connectivity index (χ0) is 12.4. The van der Waals surface area contributed by atoms with Gasteiger partial charge in [0.1, 0.15) is 0 Å². The lowest BCUT2D eigenvalue weighted by Crippen LogP contribution is -2.37. The van der Waals surface area contributed by atoms with Crippen LogP contribution in [0.5, 0.6) is 0 Å². The third kappa shape index (κ3) is 2.87. The number of aromatic nitrogens is 1. The van der Waals surface area contributed by atoms with Gasteiger partial charge in [0.2, 0.25) is 0 Å². The second kappa shape index (κ2) is 4.89. The number of hydrogen-bond donors (Lipinski definition) is 2. The van der Waals surface area contributed by atoms with E-state index in [-0.39, 0.29) is 6.10 Å². The fourth-order valence-electron chi connectivity index (χ4n) is 2.40. The van der Waals surface area contributed by atoms with Crippen molar-refractivity contribution < 1.29 is 5.11 Å². The van der Waals surface area contributed by atoms with Gasteiger partial charge in [0, 0.05) is 25.3 Å². The van der Waals surface area contributed by atoms with Gasteiger partial charge in [-0.2, -0.15) is 0 Å². The molecular weight excluding hydrogens is 216 g/mol. The number of nitrogens with zero attached hydrogens (tertiary/aromatic N) is 3. The molecule has 1 aliphatic heterocycles. The summed E-state index contributed by atoms with van der Waals surface area (Å²) >= 11 is 0. The van der Waals surface area contributed by atoms with E-state index in [1.165, 1.54) is 0 Å². The lowest BCUT2D eigenvalue weighted by molar-refractivity contribution is 0.191. The van der Waals surface area contributed by atoms with Crippen molar-refractivity contribution in [3.63, 3.8) is 0 Å². The molecule has 2 rings (SSSR count). The highest BCUT2D eigenvalue weighted by Gasteiger charge is 2.31. The van der Waals surface area contributed by atoms with Gasteiger partial charge in [-0.3, -0.25) is 4.98 Å². The van der Waals surface area contributed by atoms with Crippen molar-refractivity contribution in [3.8, 4) is 0 Å². The Morgan fingerprint density at radius 2 is 2.29 bits per heavy atom. The molecule has 0 aliphatic carbocycles. The van der Waals surface area contributed by atoms with Crippen LogP contribution in [0.1, 0.15) is 6.42 Å². The molecular formula is C12H20N4O. The average molecular weight is 236 g/mol. The Kier molecular flexibility index (Phi) is 3.49. The maximum atomic E-state index is 9.80. The molecule has 94 valence electrons. The molecule has 5 nitrogen and oxygen atoms in total. The highest BCUT2D eigenvalue weighted by molar-refractivity contribution is 5.54. The first-order valence-corrected chi connectivity index (χ1v) is 5.86. The summed E-state index contributed by atoms with van der Waals surface area (Å²) in [4.78, 5) is 8.43. The normalized spacial score (nSPS) is 24.6. The minimum Gasteiger partial charge on any atom is -0.397 e. The summed E-state index contributed by atoms with van der Waals surface area (Å²) in [5.74, 6) is 0. The first-order chi connectivity index (χ1) is 8.06. The maximum absolute atomic E-state index is 9.80. The predicted octanol–water partition coefficient (Wildman–Crippen LogP) is 0.165. The number of rotatable bonds is 3. The predicted molar refractivity (Wildman–Crippen MR) is 69.0 cm³/mol. The fraction of sp³-hybridized carbons (Fsp3) is 0.583. The Morgan fingerprint density at radius 1 is 1.53 bits per heavy atom. The quantitative estimate of drug-likeness (QED) is 0.783. The zero-order valence-corrected chi connectivity index (χ0v) is 10.4. The van der Waals surface area contributed by atoms with Crippen LogP contribution in [0, 0.1) is 0 Å². The minimum atomic E-state index is -0.263. The smallest absolute Gasteiger partial charge is 0.0735 e. The van der Waals surface area contributed by atoms with Crippen LogP contribution in [0.3, 0.4) is 0 Å². The number of nitrogens with two attached hydrogens (primary N) is 1. The number of nitrogen functional groups attached to an aromatic ring is 1. The van der Waals surface area contributed by atoms with E-state index in [2.05, 4.69) is 14.8 Å². The Bertz CT molecular complexity index is 383. The van der Waals surface area contributed by atoms with Gasteiger partial charge in [-0.25, -0.2) is 0 Å². The van der Waals surface area contributed by atoms with Crippen LogP contribution in [0.15, 0.2) is 18.5 Å². The van der Waals surface area contributed by atoms with Crippen molar-refractivity contribution in [1.29, 1.82) is 0 Å². The molecule has 2 heterocycles. The van der Waals surface area contributed by atoms with Crippen LogP contribution in [-0.4, -0.2) is 54.3 Å². The molecule has 0 radical (unpaired) electrons. The highest BCUT2D eigenvalue weighted by Crippen LogP contribution is 2.26. The summed E-state index contributed by atoms with van der Waals surface area (Å²) in [6.07, 6.45) is 3.97. The van der Waals surface area contributed by atoms with E-state index in [0.29, 0.717) is 18.3 Å². The number of β-amino-alcohol motifs (C(OH)–C–C–N with tert-alkyl or cyclic N) is 1. The molecule has 1 fully saturated rings. The molecule has 1 aliphatic rings. The molecule has 0 aromatic carbocycles. The largest absolute Gasteiger partial charge is 0.397 e. The van der Waals surface area contributed by atoms with E-state index in [9.17, 15) is 5.11 Å². The van der Waals surface area contributed by atoms with Crippen molar-refractivity contribution in [3.05, 3.63) is 18.5 Å². The van der Waals surface area contributed by atoms with Gasteiger partial charge in [-0.05, 0) is 26.6 Å². The van der Waals surface area contributed by atoms with E-state index in [4.69, 9.17) is 5.73 Å². The monoisotopic (exact) mass is 236 g/mol. The van der Waals surface area contributed by atoms with Crippen LogP contribution in [0.4, 0.5) is 11.4 Å². The number of aliphatic hydroxyl groups is 1. The maximum Gasteiger partial charge on any atom is 0.0735 e. The molecule has 0 spiro atoms. The Labute approximate surface area is 102 Å². The highest BCUT2D eigenvalue weighted by atomic mass is 16.3. The van der Waals surface area contributed by atoms with Crippen molar-refractivity contribution in [2.45, 2.75) is 18.6 Å². The van der Waals surface area contributed by atoms with Crippen molar-refractivity contribution in [2.75, 3.05) is 37.8 Å². The summed E-state index contributed by atoms with van der Waals surface area (Å²) in [5, 5.41) is 9.80. The van der Waals surface area contributed by atoms with E-state index < -0.39 is 0 Å². The average Bonchev–Trinajstić information content (AvgIpc) is 2.58. The second-order valence-electron chi connectivity index (χ2n) is 4.93. The van der Waals surface area contributed by atoms with E-state index >= 15 is 0 Å².